The van der Waals surface area contributed by atoms with Crippen molar-refractivity contribution in [3.05, 3.63) is 76.6 Å². The molecule has 0 spiro atoms. The van der Waals surface area contributed by atoms with E-state index in [4.69, 9.17) is 4.74 Å². The second-order valence-electron chi connectivity index (χ2n) is 17.2. The molecule has 3 fully saturated rings. The molecule has 7 atom stereocenters. The van der Waals surface area contributed by atoms with Crippen molar-refractivity contribution in [2.75, 3.05) is 25.5 Å². The van der Waals surface area contributed by atoms with E-state index in [0.717, 1.165) is 12.1 Å². The minimum atomic E-state index is -3.87. The number of nitrogens with zero attached hydrogens (tertiary/aromatic N) is 4. The smallest absolute Gasteiger partial charge is 0.274 e. The predicted octanol–water partition coefficient (Wildman–Crippen LogP) is 5.31. The van der Waals surface area contributed by atoms with Gasteiger partial charge in [-0.25, -0.2) is 13.1 Å². The number of carbonyl (C=O) groups excluding carboxylic acids is 4. The minimum absolute atomic E-state index is 0.0135. The fraction of sp³-hybridized carbons (Fsp3) is 0.545. The number of ether oxygens (including phenoxy) is 1. The van der Waals surface area contributed by atoms with Crippen LogP contribution in [0.3, 0.4) is 0 Å². The number of allylic oxidation sites excluding steroid dienone is 2. The fourth-order valence-electron chi connectivity index (χ4n) is 8.91. The molecular formula is C44H55N5O8S. The highest BCUT2D eigenvalue weighted by molar-refractivity contribution is 7.90. The maximum atomic E-state index is 15.1. The van der Waals surface area contributed by atoms with Gasteiger partial charge in [0.1, 0.15) is 6.10 Å². The van der Waals surface area contributed by atoms with E-state index in [1.807, 2.05) is 50.2 Å². The van der Waals surface area contributed by atoms with Gasteiger partial charge >= 0.3 is 0 Å². The number of hydrogen-bond acceptors (Lipinski definition) is 10. The van der Waals surface area contributed by atoms with Crippen LogP contribution in [-0.2, 0) is 31.0 Å². The zero-order chi connectivity index (χ0) is 41.5. The van der Waals surface area contributed by atoms with Gasteiger partial charge in [-0.3, -0.25) is 28.7 Å². The number of aryl methyl sites for hydroxylation is 1. The van der Waals surface area contributed by atoms with Crippen molar-refractivity contribution < 1.29 is 32.3 Å². The summed E-state index contributed by atoms with van der Waals surface area (Å²) in [6, 6.07) is 13.3. The molecule has 3 heterocycles. The lowest BCUT2D eigenvalue weighted by atomic mass is 9.80. The molecule has 2 aliphatic carbocycles. The van der Waals surface area contributed by atoms with Crippen molar-refractivity contribution in [3.8, 4) is 5.88 Å². The number of anilines is 1. The van der Waals surface area contributed by atoms with Gasteiger partial charge in [0.15, 0.2) is 11.6 Å². The summed E-state index contributed by atoms with van der Waals surface area (Å²) in [6.07, 6.45) is 6.50. The highest BCUT2D eigenvalue weighted by Crippen LogP contribution is 2.57. The highest BCUT2D eigenvalue weighted by atomic mass is 32.2. The number of benzene rings is 2. The standard InChI is InChI=1S/C44H55N5O8S/c1-6-49-42(53)35-14-10-9-13-34(35)40(45-49)57-32-22-37-39(51)25-44(43(54)46-58(55,56)33-19-20-33)24-30(44)12-8-7-11-27(2)21-28(3)36(41(52)48(37)26-32)23-38(50)29-15-17-31(18-16-29)47(4)5/h8-10,12-18,27-28,30,32-33,36-37H,6-7,11,19-26H2,1-5H3,(H,46,54)/b12-8-/t27-,28-,30-,32-,36+,37+,44-/m1/s1. The number of carbonyl (C=O) groups is 4. The summed E-state index contributed by atoms with van der Waals surface area (Å²) in [5.74, 6) is -2.47. The van der Waals surface area contributed by atoms with Crippen LogP contribution in [-0.4, -0.2) is 84.5 Å². The molecule has 14 heteroatoms. The number of fused-ring (bicyclic) bond motifs is 3. The first kappa shape index (κ1) is 41.3. The Bertz CT molecular complexity index is 2280. The summed E-state index contributed by atoms with van der Waals surface area (Å²) in [7, 11) is -0.0354. The molecule has 0 unspecified atom stereocenters. The van der Waals surface area contributed by atoms with Crippen LogP contribution in [0.5, 0.6) is 5.88 Å². The van der Waals surface area contributed by atoms with Crippen LogP contribution in [0.15, 0.2) is 65.5 Å². The van der Waals surface area contributed by atoms with Crippen LogP contribution in [0.2, 0.25) is 0 Å². The molecule has 2 saturated carbocycles. The van der Waals surface area contributed by atoms with Crippen molar-refractivity contribution in [1.82, 2.24) is 19.4 Å². The van der Waals surface area contributed by atoms with Crippen LogP contribution < -0.4 is 19.9 Å². The zero-order valence-corrected chi connectivity index (χ0v) is 34.9. The first-order valence-electron chi connectivity index (χ1n) is 20.6. The van der Waals surface area contributed by atoms with E-state index in [1.54, 1.807) is 43.3 Å². The molecular weight excluding hydrogens is 759 g/mol. The molecule has 2 aromatic carbocycles. The third-order valence-electron chi connectivity index (χ3n) is 12.7. The topological polar surface area (TPSA) is 165 Å². The van der Waals surface area contributed by atoms with Crippen LogP contribution in [0.1, 0.15) is 88.9 Å². The van der Waals surface area contributed by atoms with Gasteiger partial charge in [0.25, 0.3) is 5.56 Å². The van der Waals surface area contributed by atoms with Gasteiger partial charge in [-0.15, -0.1) is 5.10 Å². The molecule has 1 aromatic heterocycles. The summed E-state index contributed by atoms with van der Waals surface area (Å²) >= 11 is 0. The van der Waals surface area contributed by atoms with E-state index in [0.29, 0.717) is 55.0 Å². The van der Waals surface area contributed by atoms with E-state index in [-0.39, 0.29) is 72.5 Å². The zero-order valence-electron chi connectivity index (χ0n) is 34.1. The van der Waals surface area contributed by atoms with Crippen LogP contribution in [0.4, 0.5) is 5.69 Å². The van der Waals surface area contributed by atoms with Crippen molar-refractivity contribution in [3.63, 3.8) is 0 Å². The third kappa shape index (κ3) is 8.48. The van der Waals surface area contributed by atoms with Crippen molar-refractivity contribution in [1.29, 1.82) is 0 Å². The lowest BCUT2D eigenvalue weighted by molar-refractivity contribution is -0.143. The molecule has 2 aliphatic heterocycles. The summed E-state index contributed by atoms with van der Waals surface area (Å²) in [4.78, 5) is 74.3. The molecule has 13 nitrogen and oxygen atoms in total. The van der Waals surface area contributed by atoms with Gasteiger partial charge < -0.3 is 14.5 Å². The number of nitrogens with one attached hydrogen (secondary N) is 1. The summed E-state index contributed by atoms with van der Waals surface area (Å²) in [6.45, 7) is 6.24. The summed E-state index contributed by atoms with van der Waals surface area (Å²) in [5, 5.41) is 4.84. The van der Waals surface area contributed by atoms with Crippen LogP contribution in [0, 0.1) is 29.1 Å². The molecule has 310 valence electrons. The Morgan fingerprint density at radius 3 is 2.36 bits per heavy atom. The molecule has 58 heavy (non-hydrogen) atoms. The van der Waals surface area contributed by atoms with Gasteiger partial charge in [0.2, 0.25) is 27.7 Å². The second kappa shape index (κ2) is 16.4. The SMILES string of the molecule is CCn1nc(O[C@@H]2C[C@H]3C(=O)C[C@]4(C(=O)NS(=O)(=O)C5CC5)C[C@H]4/C=C\CC[C@@H](C)C[C@@H](C)[C@H](CC(=O)c4ccc(N(C)C)cc4)C(=O)N3C2)c2ccccc2c1=O. The molecule has 2 amide bonds. The molecule has 0 bridgehead atoms. The van der Waals surface area contributed by atoms with Gasteiger partial charge in [0.05, 0.1) is 34.0 Å². The largest absolute Gasteiger partial charge is 0.471 e. The normalized spacial score (nSPS) is 28.5. The predicted molar refractivity (Wildman–Crippen MR) is 221 cm³/mol. The summed E-state index contributed by atoms with van der Waals surface area (Å²) < 4.78 is 36.1. The Kier molecular flexibility index (Phi) is 11.7. The molecule has 7 rings (SSSR count). The highest BCUT2D eigenvalue weighted by Gasteiger charge is 2.61. The van der Waals surface area contributed by atoms with E-state index >= 15 is 4.79 Å². The van der Waals surface area contributed by atoms with Crippen molar-refractivity contribution in [2.24, 2.45) is 29.1 Å². The van der Waals surface area contributed by atoms with Crippen LogP contribution >= 0.6 is 0 Å². The number of amides is 2. The Hall–Kier alpha value is -4.85. The Labute approximate surface area is 340 Å². The van der Waals surface area contributed by atoms with E-state index in [1.165, 1.54) is 9.58 Å². The monoisotopic (exact) mass is 813 g/mol. The number of rotatable bonds is 10. The molecule has 1 saturated heterocycles. The molecule has 4 aliphatic rings. The first-order valence-corrected chi connectivity index (χ1v) is 22.2. The van der Waals surface area contributed by atoms with Gasteiger partial charge in [-0.1, -0.05) is 38.1 Å². The van der Waals surface area contributed by atoms with Gasteiger partial charge in [-0.2, -0.15) is 0 Å². The average Bonchev–Trinajstić information content (AvgIpc) is 4.13. The van der Waals surface area contributed by atoms with Crippen molar-refractivity contribution >= 4 is 49.9 Å². The Morgan fingerprint density at radius 1 is 0.983 bits per heavy atom. The lowest BCUT2D eigenvalue weighted by Crippen LogP contribution is -2.47. The molecule has 3 aromatic rings. The maximum absolute atomic E-state index is 15.1. The quantitative estimate of drug-likeness (QED) is 0.210. The van der Waals surface area contributed by atoms with Gasteiger partial charge in [0, 0.05) is 57.1 Å². The number of ketones is 2. The van der Waals surface area contributed by atoms with E-state index < -0.39 is 44.7 Å². The molecule has 0 radical (unpaired) electrons. The molecule has 1 N–H and O–H groups in total. The average molecular weight is 814 g/mol. The van der Waals surface area contributed by atoms with E-state index in [9.17, 15) is 27.6 Å². The van der Waals surface area contributed by atoms with Crippen LogP contribution in [0.25, 0.3) is 10.8 Å². The summed E-state index contributed by atoms with van der Waals surface area (Å²) in [5.41, 5.74) is -0.103. The minimum Gasteiger partial charge on any atom is -0.471 e. The number of sulfonamides is 1. The first-order chi connectivity index (χ1) is 27.6. The third-order valence-corrected chi connectivity index (χ3v) is 14.5. The lowest BCUT2D eigenvalue weighted by Gasteiger charge is -2.32. The Balaban J connectivity index is 1.24. The fourth-order valence-corrected chi connectivity index (χ4v) is 10.3. The van der Waals surface area contributed by atoms with Gasteiger partial charge in [-0.05, 0) is 99.6 Å². The maximum Gasteiger partial charge on any atom is 0.274 e. The number of aromatic nitrogens is 2. The van der Waals surface area contributed by atoms with Crippen molar-refractivity contribution in [2.45, 2.75) is 102 Å². The van der Waals surface area contributed by atoms with E-state index in [2.05, 4.69) is 16.7 Å². The Morgan fingerprint density at radius 2 is 1.69 bits per heavy atom. The second-order valence-corrected chi connectivity index (χ2v) is 19.2. The number of hydrogen-bond donors (Lipinski definition) is 1. The number of Topliss-reactive ketones (excluding diaryl/α,β-unsaturated/α-hetero) is 2.